The first kappa shape index (κ1) is 18.7. The van der Waals surface area contributed by atoms with Crippen LogP contribution in [0.15, 0.2) is 33.9 Å². The lowest BCUT2D eigenvalue weighted by molar-refractivity contribution is -0.116. The number of fused-ring (bicyclic) bond motifs is 1. The van der Waals surface area contributed by atoms with Gasteiger partial charge in [-0.15, -0.1) is 0 Å². The smallest absolute Gasteiger partial charge is 0.332 e. The molecule has 1 aliphatic rings. The van der Waals surface area contributed by atoms with Crippen molar-refractivity contribution in [2.75, 3.05) is 23.3 Å². The van der Waals surface area contributed by atoms with Crippen LogP contribution < -0.4 is 21.5 Å². The normalized spacial score (nSPS) is 14.0. The first-order chi connectivity index (χ1) is 13.5. The SMILES string of the molecule is Cn1c(=O)c2sc(N3CCCC3)nc2n(CC(=O)Nc2ccccc2Cl)c1=O. The number of halogens is 1. The maximum Gasteiger partial charge on any atom is 0.332 e. The van der Waals surface area contributed by atoms with Gasteiger partial charge >= 0.3 is 5.69 Å². The Morgan fingerprint density at radius 1 is 1.25 bits per heavy atom. The second-order valence-corrected chi connectivity index (χ2v) is 7.99. The van der Waals surface area contributed by atoms with Crippen molar-refractivity contribution in [3.63, 3.8) is 0 Å². The molecule has 1 aliphatic heterocycles. The molecule has 1 fully saturated rings. The lowest BCUT2D eigenvalue weighted by Gasteiger charge is -2.12. The van der Waals surface area contributed by atoms with E-state index >= 15 is 0 Å². The molecule has 4 rings (SSSR count). The Kier molecular flexibility index (Phi) is 4.94. The molecule has 146 valence electrons. The Morgan fingerprint density at radius 3 is 2.68 bits per heavy atom. The quantitative estimate of drug-likeness (QED) is 0.699. The molecule has 0 spiro atoms. The Balaban J connectivity index is 1.73. The van der Waals surface area contributed by atoms with E-state index in [0.717, 1.165) is 30.5 Å². The van der Waals surface area contributed by atoms with Gasteiger partial charge < -0.3 is 10.2 Å². The third-order valence-corrected chi connectivity index (χ3v) is 6.12. The van der Waals surface area contributed by atoms with Crippen LogP contribution in [0.5, 0.6) is 0 Å². The number of hydrogen-bond acceptors (Lipinski definition) is 6. The van der Waals surface area contributed by atoms with Crippen LogP contribution >= 0.6 is 22.9 Å². The summed E-state index contributed by atoms with van der Waals surface area (Å²) in [4.78, 5) is 44.4. The average molecular weight is 420 g/mol. The summed E-state index contributed by atoms with van der Waals surface area (Å²) >= 11 is 7.34. The average Bonchev–Trinajstić information content (AvgIpc) is 3.35. The van der Waals surface area contributed by atoms with Gasteiger partial charge in [-0.1, -0.05) is 35.1 Å². The highest BCUT2D eigenvalue weighted by Gasteiger charge is 2.22. The van der Waals surface area contributed by atoms with E-state index < -0.39 is 17.2 Å². The van der Waals surface area contributed by atoms with Crippen molar-refractivity contribution in [3.05, 3.63) is 50.1 Å². The van der Waals surface area contributed by atoms with Crippen LogP contribution in [0.25, 0.3) is 10.3 Å². The molecule has 0 bridgehead atoms. The largest absolute Gasteiger partial charge is 0.348 e. The van der Waals surface area contributed by atoms with Crippen LogP contribution in [0.3, 0.4) is 0 Å². The molecule has 8 nitrogen and oxygen atoms in total. The van der Waals surface area contributed by atoms with E-state index in [9.17, 15) is 14.4 Å². The molecule has 0 radical (unpaired) electrons. The number of hydrogen-bond donors (Lipinski definition) is 1. The number of amides is 1. The Labute approximate surface area is 169 Å². The molecule has 1 saturated heterocycles. The molecule has 28 heavy (non-hydrogen) atoms. The third kappa shape index (κ3) is 3.31. The molecule has 0 saturated carbocycles. The number of carbonyl (C=O) groups is 1. The molecular formula is C18H18ClN5O3S. The van der Waals surface area contributed by atoms with Crippen LogP contribution in [0, 0.1) is 0 Å². The van der Waals surface area contributed by atoms with E-state index in [1.165, 1.54) is 23.0 Å². The second kappa shape index (κ2) is 7.40. The predicted octanol–water partition coefficient (Wildman–Crippen LogP) is 2.05. The van der Waals surface area contributed by atoms with Crippen molar-refractivity contribution in [2.24, 2.45) is 7.05 Å². The lowest BCUT2D eigenvalue weighted by atomic mass is 10.3. The van der Waals surface area contributed by atoms with Gasteiger partial charge in [-0.3, -0.25) is 18.7 Å². The van der Waals surface area contributed by atoms with Gasteiger partial charge in [0.1, 0.15) is 11.2 Å². The van der Waals surface area contributed by atoms with Gasteiger partial charge in [0.25, 0.3) is 5.56 Å². The number of para-hydroxylation sites is 1. The van der Waals surface area contributed by atoms with Crippen molar-refractivity contribution in [3.8, 4) is 0 Å². The highest BCUT2D eigenvalue weighted by Crippen LogP contribution is 2.28. The van der Waals surface area contributed by atoms with E-state index in [-0.39, 0.29) is 12.2 Å². The fraction of sp³-hybridized carbons (Fsp3) is 0.333. The van der Waals surface area contributed by atoms with Gasteiger partial charge in [0, 0.05) is 20.1 Å². The first-order valence-corrected chi connectivity index (χ1v) is 10.0. The van der Waals surface area contributed by atoms with Gasteiger partial charge in [0.15, 0.2) is 10.8 Å². The number of anilines is 2. The molecule has 0 atom stereocenters. The Morgan fingerprint density at radius 2 is 1.96 bits per heavy atom. The van der Waals surface area contributed by atoms with Crippen LogP contribution in [0.2, 0.25) is 5.02 Å². The van der Waals surface area contributed by atoms with Gasteiger partial charge in [-0.2, -0.15) is 0 Å². The molecule has 0 unspecified atom stereocenters. The number of rotatable bonds is 4. The van der Waals surface area contributed by atoms with Crippen molar-refractivity contribution in [2.45, 2.75) is 19.4 Å². The van der Waals surface area contributed by atoms with Crippen molar-refractivity contribution >= 4 is 50.0 Å². The molecular weight excluding hydrogens is 402 g/mol. The molecule has 10 heteroatoms. The summed E-state index contributed by atoms with van der Waals surface area (Å²) in [6.07, 6.45) is 2.14. The van der Waals surface area contributed by atoms with Crippen LogP contribution in [0.1, 0.15) is 12.8 Å². The zero-order valence-corrected chi connectivity index (χ0v) is 16.7. The third-order valence-electron chi connectivity index (χ3n) is 4.70. The standard InChI is InChI=1S/C18H18ClN5O3S/c1-22-16(26)14-15(21-17(28-14)23-8-4-5-9-23)24(18(22)27)10-13(25)20-12-7-3-2-6-11(12)19/h2-3,6-7H,4-5,8-10H2,1H3,(H,20,25). The Hall–Kier alpha value is -2.65. The Bertz CT molecular complexity index is 1180. The molecule has 0 aliphatic carbocycles. The zero-order valence-electron chi connectivity index (χ0n) is 15.1. The molecule has 3 heterocycles. The fourth-order valence-corrected chi connectivity index (χ4v) is 4.50. The van der Waals surface area contributed by atoms with Crippen LogP contribution in [-0.2, 0) is 18.4 Å². The summed E-state index contributed by atoms with van der Waals surface area (Å²) in [5, 5.41) is 3.80. The first-order valence-electron chi connectivity index (χ1n) is 8.85. The lowest BCUT2D eigenvalue weighted by Crippen LogP contribution is -2.39. The van der Waals surface area contributed by atoms with E-state index in [0.29, 0.717) is 20.5 Å². The van der Waals surface area contributed by atoms with E-state index in [2.05, 4.69) is 15.2 Å². The predicted molar refractivity (Wildman–Crippen MR) is 111 cm³/mol. The minimum absolute atomic E-state index is 0.245. The number of carbonyl (C=O) groups excluding carboxylic acids is 1. The molecule has 3 aromatic rings. The number of thiazole rings is 1. The van der Waals surface area contributed by atoms with E-state index in [4.69, 9.17) is 11.6 Å². The van der Waals surface area contributed by atoms with Crippen molar-refractivity contribution in [1.82, 2.24) is 14.1 Å². The minimum atomic E-state index is -0.579. The molecule has 2 aromatic heterocycles. The van der Waals surface area contributed by atoms with Crippen molar-refractivity contribution < 1.29 is 4.79 Å². The van der Waals surface area contributed by atoms with Gasteiger partial charge in [0.2, 0.25) is 5.91 Å². The molecule has 1 amide bonds. The van der Waals surface area contributed by atoms with Crippen LogP contribution in [0.4, 0.5) is 10.8 Å². The molecule has 1 N–H and O–H groups in total. The minimum Gasteiger partial charge on any atom is -0.348 e. The van der Waals surface area contributed by atoms with Crippen molar-refractivity contribution in [1.29, 1.82) is 0 Å². The number of benzene rings is 1. The van der Waals surface area contributed by atoms with Gasteiger partial charge in [0.05, 0.1) is 10.7 Å². The summed E-state index contributed by atoms with van der Waals surface area (Å²) in [6.45, 7) is 1.48. The zero-order chi connectivity index (χ0) is 19.8. The van der Waals surface area contributed by atoms with E-state index in [1.807, 2.05) is 0 Å². The maximum atomic E-state index is 12.7. The summed E-state index contributed by atoms with van der Waals surface area (Å²) in [6, 6.07) is 6.85. The second-order valence-electron chi connectivity index (χ2n) is 6.60. The summed E-state index contributed by atoms with van der Waals surface area (Å²) in [5.74, 6) is -0.425. The fourth-order valence-electron chi connectivity index (χ4n) is 3.22. The van der Waals surface area contributed by atoms with Crippen LogP contribution in [-0.4, -0.2) is 33.1 Å². The monoisotopic (exact) mass is 419 g/mol. The van der Waals surface area contributed by atoms with E-state index in [1.54, 1.807) is 24.3 Å². The number of nitrogens with one attached hydrogen (secondary N) is 1. The van der Waals surface area contributed by atoms with Gasteiger partial charge in [-0.05, 0) is 25.0 Å². The highest BCUT2D eigenvalue weighted by atomic mass is 35.5. The summed E-state index contributed by atoms with van der Waals surface area (Å²) in [7, 11) is 1.40. The number of aromatic nitrogens is 3. The topological polar surface area (TPSA) is 89.2 Å². The number of nitrogens with zero attached hydrogens (tertiary/aromatic N) is 4. The summed E-state index contributed by atoms with van der Waals surface area (Å²) < 4.78 is 2.62. The molecule has 1 aromatic carbocycles. The van der Waals surface area contributed by atoms with Gasteiger partial charge in [-0.25, -0.2) is 9.78 Å². The maximum absolute atomic E-state index is 12.7. The summed E-state index contributed by atoms with van der Waals surface area (Å²) in [5.41, 5.74) is -0.274. The highest BCUT2D eigenvalue weighted by molar-refractivity contribution is 7.22.